The molecule has 1 amide bonds. The Morgan fingerprint density at radius 3 is 2.67 bits per heavy atom. The van der Waals surface area contributed by atoms with Gasteiger partial charge in [0.15, 0.2) is 0 Å². The molecule has 0 bridgehead atoms. The van der Waals surface area contributed by atoms with Crippen LogP contribution in [-0.4, -0.2) is 50.2 Å². The first-order chi connectivity index (χ1) is 11.7. The van der Waals surface area contributed by atoms with E-state index in [1.165, 1.54) is 16.7 Å². The SMILES string of the molecule is CC1=C(c2ccccc2)[C@H]1C(=O)NCCCOC1CCN(C)CC1. The van der Waals surface area contributed by atoms with Gasteiger partial charge in [0.25, 0.3) is 0 Å². The van der Waals surface area contributed by atoms with Crippen LogP contribution >= 0.6 is 0 Å². The van der Waals surface area contributed by atoms with Gasteiger partial charge in [0.1, 0.15) is 0 Å². The highest BCUT2D eigenvalue weighted by Gasteiger charge is 2.39. The molecule has 1 aromatic carbocycles. The number of nitrogens with zero attached hydrogens (tertiary/aromatic N) is 1. The van der Waals surface area contributed by atoms with Crippen LogP contribution in [0.5, 0.6) is 0 Å². The summed E-state index contributed by atoms with van der Waals surface area (Å²) < 4.78 is 5.91. The molecule has 4 heteroatoms. The molecule has 24 heavy (non-hydrogen) atoms. The van der Waals surface area contributed by atoms with E-state index in [0.29, 0.717) is 12.6 Å². The number of nitrogens with one attached hydrogen (secondary N) is 1. The van der Waals surface area contributed by atoms with Gasteiger partial charge in [-0.3, -0.25) is 4.79 Å². The molecule has 0 unspecified atom stereocenters. The van der Waals surface area contributed by atoms with E-state index in [1.807, 2.05) is 18.2 Å². The van der Waals surface area contributed by atoms with Crippen molar-refractivity contribution in [1.29, 1.82) is 0 Å². The number of ether oxygens (including phenoxy) is 1. The average Bonchev–Trinajstić information content (AvgIpc) is 3.28. The number of carbonyl (C=O) groups excluding carboxylic acids is 1. The van der Waals surface area contributed by atoms with Crippen molar-refractivity contribution in [3.63, 3.8) is 0 Å². The number of hydrogen-bond donors (Lipinski definition) is 1. The average molecular weight is 328 g/mol. The van der Waals surface area contributed by atoms with E-state index in [0.717, 1.165) is 39.0 Å². The van der Waals surface area contributed by atoms with Crippen LogP contribution in [0.3, 0.4) is 0 Å². The molecule has 130 valence electrons. The lowest BCUT2D eigenvalue weighted by molar-refractivity contribution is -0.121. The number of carbonyl (C=O) groups is 1. The lowest BCUT2D eigenvalue weighted by Crippen LogP contribution is -2.34. The van der Waals surface area contributed by atoms with Crippen molar-refractivity contribution < 1.29 is 9.53 Å². The second-order valence-electron chi connectivity index (χ2n) is 6.91. The molecule has 0 aromatic heterocycles. The van der Waals surface area contributed by atoms with Crippen LogP contribution in [-0.2, 0) is 9.53 Å². The third-order valence-electron chi connectivity index (χ3n) is 5.05. The monoisotopic (exact) mass is 328 g/mol. The first-order valence-electron chi connectivity index (χ1n) is 9.00. The van der Waals surface area contributed by atoms with E-state index < -0.39 is 0 Å². The highest BCUT2D eigenvalue weighted by atomic mass is 16.5. The quantitative estimate of drug-likeness (QED) is 0.783. The van der Waals surface area contributed by atoms with E-state index in [9.17, 15) is 4.79 Å². The molecule has 1 aliphatic heterocycles. The standard InChI is InChI=1S/C20H28N2O2/c1-15-18(16-7-4-3-5-8-16)19(15)20(23)21-11-6-14-24-17-9-12-22(2)13-10-17/h3-5,7-8,17,19H,6,9-14H2,1-2H3,(H,21,23)/t19-/m0/s1. The smallest absolute Gasteiger partial charge is 0.231 e. The molecule has 1 saturated heterocycles. The predicted molar refractivity (Wildman–Crippen MR) is 96.6 cm³/mol. The molecule has 0 spiro atoms. The Hall–Kier alpha value is -1.65. The minimum Gasteiger partial charge on any atom is -0.378 e. The van der Waals surface area contributed by atoms with Crippen LogP contribution in [0.4, 0.5) is 0 Å². The van der Waals surface area contributed by atoms with Crippen LogP contribution in [0, 0.1) is 5.92 Å². The van der Waals surface area contributed by atoms with E-state index in [-0.39, 0.29) is 11.8 Å². The summed E-state index contributed by atoms with van der Waals surface area (Å²) in [5.41, 5.74) is 3.55. The molecule has 1 atom stereocenters. The number of amides is 1. The summed E-state index contributed by atoms with van der Waals surface area (Å²) >= 11 is 0. The number of hydrogen-bond acceptors (Lipinski definition) is 3. The molecule has 3 rings (SSSR count). The topological polar surface area (TPSA) is 41.6 Å². The van der Waals surface area contributed by atoms with E-state index in [1.54, 1.807) is 0 Å². The lowest BCUT2D eigenvalue weighted by atomic mass is 10.1. The molecule has 0 radical (unpaired) electrons. The molecule has 2 aliphatic rings. The van der Waals surface area contributed by atoms with Gasteiger partial charge in [-0.15, -0.1) is 0 Å². The molecular formula is C20H28N2O2. The molecule has 1 aliphatic carbocycles. The third-order valence-corrected chi connectivity index (χ3v) is 5.05. The summed E-state index contributed by atoms with van der Waals surface area (Å²) in [4.78, 5) is 14.6. The van der Waals surface area contributed by atoms with Crippen molar-refractivity contribution in [3.05, 3.63) is 41.5 Å². The van der Waals surface area contributed by atoms with Crippen LogP contribution in [0.2, 0.25) is 0 Å². The summed E-state index contributed by atoms with van der Waals surface area (Å²) in [5.74, 6) is 0.104. The lowest BCUT2D eigenvalue weighted by Gasteiger charge is -2.28. The van der Waals surface area contributed by atoms with Crippen LogP contribution in [0.1, 0.15) is 31.7 Å². The summed E-state index contributed by atoms with van der Waals surface area (Å²) in [6.07, 6.45) is 3.52. The second kappa shape index (κ2) is 7.95. The number of benzene rings is 1. The Kier molecular flexibility index (Phi) is 5.69. The number of piperidine rings is 1. The van der Waals surface area contributed by atoms with Crippen LogP contribution in [0.15, 0.2) is 35.9 Å². The maximum atomic E-state index is 12.3. The van der Waals surface area contributed by atoms with E-state index in [4.69, 9.17) is 4.74 Å². The fourth-order valence-electron chi connectivity index (χ4n) is 3.46. The van der Waals surface area contributed by atoms with Crippen molar-refractivity contribution in [2.45, 2.75) is 32.3 Å². The first-order valence-corrected chi connectivity index (χ1v) is 9.00. The van der Waals surface area contributed by atoms with Gasteiger partial charge in [0.05, 0.1) is 12.0 Å². The molecule has 1 aromatic rings. The van der Waals surface area contributed by atoms with Crippen molar-refractivity contribution in [3.8, 4) is 0 Å². The minimum atomic E-state index is -0.0257. The molecule has 4 nitrogen and oxygen atoms in total. The summed E-state index contributed by atoms with van der Waals surface area (Å²) in [7, 11) is 2.16. The molecular weight excluding hydrogens is 300 g/mol. The molecule has 1 fully saturated rings. The zero-order chi connectivity index (χ0) is 16.9. The largest absolute Gasteiger partial charge is 0.378 e. The zero-order valence-electron chi connectivity index (χ0n) is 14.8. The van der Waals surface area contributed by atoms with Gasteiger partial charge in [-0.1, -0.05) is 35.9 Å². The van der Waals surface area contributed by atoms with E-state index in [2.05, 4.69) is 36.3 Å². The fraction of sp³-hybridized carbons (Fsp3) is 0.550. The Balaban J connectivity index is 1.31. The highest BCUT2D eigenvalue weighted by molar-refractivity contribution is 6.05. The van der Waals surface area contributed by atoms with Gasteiger partial charge >= 0.3 is 0 Å². The molecule has 0 saturated carbocycles. The van der Waals surface area contributed by atoms with Gasteiger partial charge in [0, 0.05) is 26.2 Å². The predicted octanol–water partition coefficient (Wildman–Crippen LogP) is 2.71. The van der Waals surface area contributed by atoms with Gasteiger partial charge < -0.3 is 15.0 Å². The fourth-order valence-corrected chi connectivity index (χ4v) is 3.46. The summed E-state index contributed by atoms with van der Waals surface area (Å²) in [6, 6.07) is 10.2. The van der Waals surface area contributed by atoms with Crippen molar-refractivity contribution in [2.24, 2.45) is 5.92 Å². The van der Waals surface area contributed by atoms with E-state index >= 15 is 0 Å². The Morgan fingerprint density at radius 1 is 1.25 bits per heavy atom. The van der Waals surface area contributed by atoms with Crippen LogP contribution in [0.25, 0.3) is 5.57 Å². The summed E-state index contributed by atoms with van der Waals surface area (Å²) in [5, 5.41) is 3.05. The maximum Gasteiger partial charge on any atom is 0.231 e. The normalized spacial score (nSPS) is 21.8. The van der Waals surface area contributed by atoms with Gasteiger partial charge in [-0.05, 0) is 44.4 Å². The zero-order valence-corrected chi connectivity index (χ0v) is 14.8. The maximum absolute atomic E-state index is 12.3. The Bertz CT molecular complexity index is 589. The number of rotatable bonds is 7. The molecule has 1 heterocycles. The summed E-state index contributed by atoms with van der Waals surface area (Å²) in [6.45, 7) is 5.72. The minimum absolute atomic E-state index is 0.0257. The van der Waals surface area contributed by atoms with Crippen molar-refractivity contribution in [1.82, 2.24) is 10.2 Å². The Labute approximate surface area is 144 Å². The van der Waals surface area contributed by atoms with Gasteiger partial charge in [-0.2, -0.15) is 0 Å². The van der Waals surface area contributed by atoms with Crippen molar-refractivity contribution in [2.75, 3.05) is 33.3 Å². The first kappa shape index (κ1) is 17.2. The van der Waals surface area contributed by atoms with Crippen LogP contribution < -0.4 is 5.32 Å². The van der Waals surface area contributed by atoms with Gasteiger partial charge in [0.2, 0.25) is 5.91 Å². The van der Waals surface area contributed by atoms with Crippen molar-refractivity contribution >= 4 is 11.5 Å². The number of likely N-dealkylation sites (tertiary alicyclic amines) is 1. The molecule has 1 N–H and O–H groups in total. The second-order valence-corrected chi connectivity index (χ2v) is 6.91. The third kappa shape index (κ3) is 4.25. The highest BCUT2D eigenvalue weighted by Crippen LogP contribution is 2.46. The van der Waals surface area contributed by atoms with Gasteiger partial charge in [-0.25, -0.2) is 0 Å². The Morgan fingerprint density at radius 2 is 1.96 bits per heavy atom.